The van der Waals surface area contributed by atoms with Gasteiger partial charge >= 0.3 is 12.1 Å². The topological polar surface area (TPSA) is 85.2 Å². The first kappa shape index (κ1) is 14.8. The second-order valence-corrected chi connectivity index (χ2v) is 4.63. The molecule has 1 aromatic heterocycles. The van der Waals surface area contributed by atoms with Crippen molar-refractivity contribution < 1.29 is 14.3 Å². The highest BCUT2D eigenvalue weighted by molar-refractivity contribution is 5.96. The molecule has 0 saturated heterocycles. The minimum atomic E-state index is -0.678. The highest BCUT2D eigenvalue weighted by Crippen LogP contribution is 2.19. The van der Waals surface area contributed by atoms with Crippen LogP contribution in [-0.4, -0.2) is 34.8 Å². The van der Waals surface area contributed by atoms with E-state index in [1.165, 1.54) is 11.7 Å². The third-order valence-electron chi connectivity index (χ3n) is 3.15. The van der Waals surface area contributed by atoms with Gasteiger partial charge in [-0.3, -0.25) is 5.32 Å². The van der Waals surface area contributed by atoms with Crippen molar-refractivity contribution in [3.05, 3.63) is 24.3 Å². The number of nitrogens with one attached hydrogen (secondary N) is 2. The fourth-order valence-electron chi connectivity index (χ4n) is 1.84. The number of hydrogen-bond acceptors (Lipinski definition) is 4. The third kappa shape index (κ3) is 3.13. The Balaban J connectivity index is 2.44. The SMILES string of the molecule is CCC(C)NC(=O)n1c(NC(=O)OC)nc2ccccc21. The Labute approximate surface area is 122 Å². The molecule has 1 aromatic carbocycles. The molecular weight excluding hydrogens is 272 g/mol. The van der Waals surface area contributed by atoms with Crippen LogP contribution in [0.5, 0.6) is 0 Å². The number of fused-ring (bicyclic) bond motifs is 1. The van der Waals surface area contributed by atoms with E-state index in [0.29, 0.717) is 11.0 Å². The summed E-state index contributed by atoms with van der Waals surface area (Å²) in [4.78, 5) is 28.0. The van der Waals surface area contributed by atoms with Crippen molar-refractivity contribution >= 4 is 29.1 Å². The molecule has 0 saturated carbocycles. The Morgan fingerprint density at radius 1 is 1.38 bits per heavy atom. The van der Waals surface area contributed by atoms with Crippen LogP contribution in [0.25, 0.3) is 11.0 Å². The first-order chi connectivity index (χ1) is 10.1. The van der Waals surface area contributed by atoms with E-state index in [2.05, 4.69) is 20.4 Å². The first-order valence-corrected chi connectivity index (χ1v) is 6.70. The van der Waals surface area contributed by atoms with Gasteiger partial charge in [-0.15, -0.1) is 0 Å². The molecule has 7 heteroatoms. The van der Waals surface area contributed by atoms with E-state index < -0.39 is 6.09 Å². The highest BCUT2D eigenvalue weighted by atomic mass is 16.5. The van der Waals surface area contributed by atoms with Crippen molar-refractivity contribution in [3.8, 4) is 0 Å². The molecule has 1 heterocycles. The van der Waals surface area contributed by atoms with Gasteiger partial charge in [0.2, 0.25) is 5.95 Å². The molecule has 1 atom stereocenters. The maximum absolute atomic E-state index is 12.4. The smallest absolute Gasteiger partial charge is 0.413 e. The van der Waals surface area contributed by atoms with E-state index in [1.54, 1.807) is 18.2 Å². The number of benzene rings is 1. The Morgan fingerprint density at radius 3 is 2.76 bits per heavy atom. The summed E-state index contributed by atoms with van der Waals surface area (Å²) in [6, 6.07) is 6.83. The summed E-state index contributed by atoms with van der Waals surface area (Å²) in [5.74, 6) is 0.129. The van der Waals surface area contributed by atoms with Crippen molar-refractivity contribution in [2.24, 2.45) is 0 Å². The van der Waals surface area contributed by atoms with Crippen molar-refractivity contribution in [2.45, 2.75) is 26.3 Å². The maximum atomic E-state index is 12.4. The summed E-state index contributed by atoms with van der Waals surface area (Å²) in [6.07, 6.45) is 0.126. The molecule has 2 amide bonds. The lowest BCUT2D eigenvalue weighted by Gasteiger charge is -2.14. The minimum Gasteiger partial charge on any atom is -0.453 e. The van der Waals surface area contributed by atoms with Crippen LogP contribution in [-0.2, 0) is 4.74 Å². The van der Waals surface area contributed by atoms with Gasteiger partial charge in [0.25, 0.3) is 0 Å². The van der Waals surface area contributed by atoms with E-state index >= 15 is 0 Å². The summed E-state index contributed by atoms with van der Waals surface area (Å²) in [7, 11) is 1.25. The Kier molecular flexibility index (Phi) is 4.42. The summed E-state index contributed by atoms with van der Waals surface area (Å²) in [5, 5.41) is 5.30. The number of methoxy groups -OCH3 is 1. The second kappa shape index (κ2) is 6.25. The average molecular weight is 290 g/mol. The molecule has 0 aliphatic carbocycles. The van der Waals surface area contributed by atoms with Crippen LogP contribution >= 0.6 is 0 Å². The molecule has 7 nitrogen and oxygen atoms in total. The molecule has 0 aliphatic heterocycles. The quantitative estimate of drug-likeness (QED) is 0.909. The fourth-order valence-corrected chi connectivity index (χ4v) is 1.84. The largest absolute Gasteiger partial charge is 0.453 e. The van der Waals surface area contributed by atoms with E-state index in [-0.39, 0.29) is 18.0 Å². The molecule has 1 unspecified atom stereocenters. The molecular formula is C14H18N4O3. The van der Waals surface area contributed by atoms with Gasteiger partial charge in [-0.05, 0) is 25.5 Å². The standard InChI is InChI=1S/C14H18N4O3/c1-4-9(2)15-13(19)18-11-8-6-5-7-10(11)16-12(18)17-14(20)21-3/h5-9H,4H2,1-3H3,(H,15,19)(H,16,17,20). The summed E-state index contributed by atoms with van der Waals surface area (Å²) in [5.41, 5.74) is 1.23. The summed E-state index contributed by atoms with van der Waals surface area (Å²) >= 11 is 0. The number of amides is 2. The molecule has 2 aromatic rings. The monoisotopic (exact) mass is 290 g/mol. The normalized spacial score (nSPS) is 12.0. The number of carbonyl (C=O) groups excluding carboxylic acids is 2. The van der Waals surface area contributed by atoms with Gasteiger partial charge in [0.15, 0.2) is 0 Å². The number of anilines is 1. The lowest BCUT2D eigenvalue weighted by molar-refractivity contribution is 0.186. The van der Waals surface area contributed by atoms with Gasteiger partial charge < -0.3 is 10.1 Å². The van der Waals surface area contributed by atoms with Crippen molar-refractivity contribution in [1.82, 2.24) is 14.9 Å². The van der Waals surface area contributed by atoms with Gasteiger partial charge in [0.05, 0.1) is 18.1 Å². The predicted molar refractivity (Wildman–Crippen MR) is 79.4 cm³/mol. The first-order valence-electron chi connectivity index (χ1n) is 6.70. The number of imidazole rings is 1. The predicted octanol–water partition coefficient (Wildman–Crippen LogP) is 2.57. The van der Waals surface area contributed by atoms with Gasteiger partial charge in [-0.1, -0.05) is 19.1 Å². The van der Waals surface area contributed by atoms with Crippen LogP contribution in [0.1, 0.15) is 20.3 Å². The number of ether oxygens (including phenoxy) is 1. The molecule has 0 bridgehead atoms. The zero-order chi connectivity index (χ0) is 15.4. The van der Waals surface area contributed by atoms with Crippen LogP contribution in [0.4, 0.5) is 15.5 Å². The average Bonchev–Trinajstić information content (AvgIpc) is 2.84. The molecule has 21 heavy (non-hydrogen) atoms. The Hall–Kier alpha value is -2.57. The Bertz CT molecular complexity index is 665. The van der Waals surface area contributed by atoms with E-state index in [0.717, 1.165) is 6.42 Å². The molecule has 2 N–H and O–H groups in total. The lowest BCUT2D eigenvalue weighted by atomic mass is 10.3. The molecule has 0 aliphatic rings. The van der Waals surface area contributed by atoms with E-state index in [4.69, 9.17) is 0 Å². The van der Waals surface area contributed by atoms with Gasteiger partial charge in [0.1, 0.15) is 0 Å². The van der Waals surface area contributed by atoms with Crippen LogP contribution < -0.4 is 10.6 Å². The van der Waals surface area contributed by atoms with Crippen molar-refractivity contribution in [3.63, 3.8) is 0 Å². The fraction of sp³-hybridized carbons (Fsp3) is 0.357. The number of hydrogen-bond donors (Lipinski definition) is 2. The highest BCUT2D eigenvalue weighted by Gasteiger charge is 2.19. The second-order valence-electron chi connectivity index (χ2n) is 4.63. The van der Waals surface area contributed by atoms with Gasteiger partial charge in [-0.25, -0.2) is 19.1 Å². The van der Waals surface area contributed by atoms with Gasteiger partial charge in [0, 0.05) is 6.04 Å². The van der Waals surface area contributed by atoms with Crippen molar-refractivity contribution in [2.75, 3.05) is 12.4 Å². The lowest BCUT2D eigenvalue weighted by Crippen LogP contribution is -2.36. The number of aromatic nitrogens is 2. The molecule has 2 rings (SSSR count). The van der Waals surface area contributed by atoms with Crippen molar-refractivity contribution in [1.29, 1.82) is 0 Å². The van der Waals surface area contributed by atoms with Crippen LogP contribution in [0.3, 0.4) is 0 Å². The molecule has 0 spiro atoms. The number of para-hydroxylation sites is 2. The number of carbonyl (C=O) groups is 2. The Morgan fingerprint density at radius 2 is 2.10 bits per heavy atom. The molecule has 112 valence electrons. The van der Waals surface area contributed by atoms with Gasteiger partial charge in [-0.2, -0.15) is 0 Å². The third-order valence-corrected chi connectivity index (χ3v) is 3.15. The summed E-state index contributed by atoms with van der Waals surface area (Å²) < 4.78 is 5.88. The summed E-state index contributed by atoms with van der Waals surface area (Å²) in [6.45, 7) is 3.88. The minimum absolute atomic E-state index is 0.0182. The number of rotatable bonds is 3. The maximum Gasteiger partial charge on any atom is 0.413 e. The number of nitrogens with zero attached hydrogens (tertiary/aromatic N) is 2. The van der Waals surface area contributed by atoms with Crippen LogP contribution in [0, 0.1) is 0 Å². The van der Waals surface area contributed by atoms with Crippen LogP contribution in [0.2, 0.25) is 0 Å². The van der Waals surface area contributed by atoms with E-state index in [1.807, 2.05) is 19.9 Å². The zero-order valence-electron chi connectivity index (χ0n) is 12.2. The van der Waals surface area contributed by atoms with E-state index in [9.17, 15) is 9.59 Å². The molecule has 0 radical (unpaired) electrons. The zero-order valence-corrected chi connectivity index (χ0v) is 12.2. The van der Waals surface area contributed by atoms with Crippen LogP contribution in [0.15, 0.2) is 24.3 Å². The molecule has 0 fully saturated rings.